The number of halogens is 1. The molecule has 0 aromatic carbocycles. The third-order valence-corrected chi connectivity index (χ3v) is 1.92. The second-order valence-electron chi connectivity index (χ2n) is 2.90. The largest absolute Gasteiger partial charge is 0.370 e. The van der Waals surface area contributed by atoms with Gasteiger partial charge in [-0.25, -0.2) is 0 Å². The van der Waals surface area contributed by atoms with Crippen molar-refractivity contribution in [3.63, 3.8) is 0 Å². The van der Waals surface area contributed by atoms with Crippen LogP contribution in [0.2, 0.25) is 0 Å². The maximum absolute atomic E-state index is 5.20. The molecular formula is C7H18BrN5. The molecule has 6 heteroatoms. The quantitative estimate of drug-likeness (QED) is 0.433. The summed E-state index contributed by atoms with van der Waals surface area (Å²) in [6.07, 6.45) is 0. The van der Waals surface area contributed by atoms with E-state index in [9.17, 15) is 0 Å². The van der Waals surface area contributed by atoms with E-state index in [1.165, 1.54) is 0 Å². The molecule has 0 radical (unpaired) electrons. The summed E-state index contributed by atoms with van der Waals surface area (Å²) >= 11 is 0. The molecule has 13 heavy (non-hydrogen) atoms. The lowest BCUT2D eigenvalue weighted by Gasteiger charge is -2.26. The maximum atomic E-state index is 5.20. The molecule has 0 aromatic heterocycles. The van der Waals surface area contributed by atoms with Crippen LogP contribution in [0.15, 0.2) is 4.99 Å². The molecule has 0 spiro atoms. The Bertz CT molecular complexity index is 151. The summed E-state index contributed by atoms with van der Waals surface area (Å²) in [4.78, 5) is 6.28. The van der Waals surface area contributed by atoms with Gasteiger partial charge in [-0.05, 0) is 0 Å². The Kier molecular flexibility index (Phi) is 6.93. The molecule has 0 saturated carbocycles. The molecule has 1 fully saturated rings. The summed E-state index contributed by atoms with van der Waals surface area (Å²) in [7, 11) is 0. The molecule has 1 saturated heterocycles. The first-order chi connectivity index (χ1) is 5.79. The zero-order valence-corrected chi connectivity index (χ0v) is 9.41. The van der Waals surface area contributed by atoms with Gasteiger partial charge in [0.05, 0.1) is 6.54 Å². The fraction of sp³-hybridized carbons (Fsp3) is 0.857. The standard InChI is InChI=1S/C7H17N5.BrH/c8-7(9)11-3-6-12-4-1-10-2-5-12;/h10H,1-6H2,(H4,8,9,11);1H. The second-order valence-corrected chi connectivity index (χ2v) is 2.90. The molecule has 0 aliphatic carbocycles. The van der Waals surface area contributed by atoms with Crippen molar-refractivity contribution >= 4 is 22.9 Å². The molecule has 1 rings (SSSR count). The fourth-order valence-corrected chi connectivity index (χ4v) is 1.26. The molecular weight excluding hydrogens is 234 g/mol. The van der Waals surface area contributed by atoms with Gasteiger partial charge >= 0.3 is 0 Å². The van der Waals surface area contributed by atoms with Crippen molar-refractivity contribution in [2.75, 3.05) is 39.3 Å². The molecule has 0 amide bonds. The van der Waals surface area contributed by atoms with Gasteiger partial charge in [0.2, 0.25) is 0 Å². The summed E-state index contributed by atoms with van der Waals surface area (Å²) in [5.74, 6) is 0.185. The number of guanidine groups is 1. The lowest BCUT2D eigenvalue weighted by molar-refractivity contribution is 0.247. The average molecular weight is 252 g/mol. The van der Waals surface area contributed by atoms with Crippen molar-refractivity contribution in [3.8, 4) is 0 Å². The zero-order valence-electron chi connectivity index (χ0n) is 7.70. The number of nitrogens with two attached hydrogens (primary N) is 2. The van der Waals surface area contributed by atoms with E-state index in [2.05, 4.69) is 15.2 Å². The highest BCUT2D eigenvalue weighted by Gasteiger charge is 2.07. The van der Waals surface area contributed by atoms with Gasteiger partial charge < -0.3 is 16.8 Å². The highest BCUT2D eigenvalue weighted by atomic mass is 79.9. The van der Waals surface area contributed by atoms with Gasteiger partial charge in [-0.1, -0.05) is 0 Å². The van der Waals surface area contributed by atoms with Crippen LogP contribution in [0.5, 0.6) is 0 Å². The van der Waals surface area contributed by atoms with Gasteiger partial charge in [-0.2, -0.15) is 0 Å². The van der Waals surface area contributed by atoms with Crippen molar-refractivity contribution in [1.29, 1.82) is 0 Å². The number of piperazine rings is 1. The van der Waals surface area contributed by atoms with E-state index in [4.69, 9.17) is 11.5 Å². The number of nitrogens with zero attached hydrogens (tertiary/aromatic N) is 2. The number of nitrogens with one attached hydrogen (secondary N) is 1. The first-order valence-electron chi connectivity index (χ1n) is 4.27. The minimum Gasteiger partial charge on any atom is -0.370 e. The molecule has 1 aliphatic heterocycles. The molecule has 0 atom stereocenters. The second kappa shape index (κ2) is 7.11. The van der Waals surface area contributed by atoms with Crippen LogP contribution >= 0.6 is 17.0 Å². The Balaban J connectivity index is 0.00000144. The van der Waals surface area contributed by atoms with E-state index in [1.54, 1.807) is 0 Å². The van der Waals surface area contributed by atoms with Gasteiger partial charge in [0, 0.05) is 32.7 Å². The van der Waals surface area contributed by atoms with Crippen LogP contribution in [0.3, 0.4) is 0 Å². The minimum atomic E-state index is 0. The fourth-order valence-electron chi connectivity index (χ4n) is 1.26. The van der Waals surface area contributed by atoms with Crippen LogP contribution in [-0.2, 0) is 0 Å². The summed E-state index contributed by atoms with van der Waals surface area (Å²) in [5.41, 5.74) is 10.4. The highest BCUT2D eigenvalue weighted by molar-refractivity contribution is 8.93. The van der Waals surface area contributed by atoms with Crippen molar-refractivity contribution in [2.24, 2.45) is 16.5 Å². The monoisotopic (exact) mass is 251 g/mol. The van der Waals surface area contributed by atoms with Gasteiger partial charge in [0.25, 0.3) is 0 Å². The number of hydrogen-bond donors (Lipinski definition) is 3. The normalized spacial score (nSPS) is 17.5. The van der Waals surface area contributed by atoms with Gasteiger partial charge in [0.1, 0.15) is 0 Å². The molecule has 0 unspecified atom stereocenters. The van der Waals surface area contributed by atoms with Crippen LogP contribution in [0, 0.1) is 0 Å². The summed E-state index contributed by atoms with van der Waals surface area (Å²) in [5, 5.41) is 3.29. The third-order valence-electron chi connectivity index (χ3n) is 1.92. The number of hydrogen-bond acceptors (Lipinski definition) is 3. The number of aliphatic imine (C=N–C) groups is 1. The zero-order chi connectivity index (χ0) is 8.81. The van der Waals surface area contributed by atoms with E-state index in [-0.39, 0.29) is 22.9 Å². The Morgan fingerprint density at radius 3 is 2.46 bits per heavy atom. The predicted molar refractivity (Wildman–Crippen MR) is 60.3 cm³/mol. The van der Waals surface area contributed by atoms with E-state index in [0.29, 0.717) is 6.54 Å². The van der Waals surface area contributed by atoms with E-state index < -0.39 is 0 Å². The SMILES string of the molecule is Br.NC(N)=NCCN1CCNCC1. The third kappa shape index (κ3) is 5.84. The molecule has 1 heterocycles. The Labute approximate surface area is 89.3 Å². The smallest absolute Gasteiger partial charge is 0.185 e. The van der Waals surface area contributed by atoms with Crippen LogP contribution in [-0.4, -0.2) is 50.1 Å². The molecule has 0 bridgehead atoms. The van der Waals surface area contributed by atoms with Crippen LogP contribution in [0.1, 0.15) is 0 Å². The summed E-state index contributed by atoms with van der Waals surface area (Å²) in [6, 6.07) is 0. The average Bonchev–Trinajstić information content (AvgIpc) is 2.05. The van der Waals surface area contributed by atoms with Gasteiger partial charge in [-0.3, -0.25) is 9.89 Å². The van der Waals surface area contributed by atoms with Gasteiger partial charge in [0.15, 0.2) is 5.96 Å². The summed E-state index contributed by atoms with van der Waals surface area (Å²) in [6.45, 7) is 6.01. The first kappa shape index (κ1) is 12.7. The van der Waals surface area contributed by atoms with E-state index >= 15 is 0 Å². The van der Waals surface area contributed by atoms with E-state index in [0.717, 1.165) is 32.7 Å². The van der Waals surface area contributed by atoms with Gasteiger partial charge in [-0.15, -0.1) is 17.0 Å². The summed E-state index contributed by atoms with van der Waals surface area (Å²) < 4.78 is 0. The Morgan fingerprint density at radius 2 is 1.92 bits per heavy atom. The highest BCUT2D eigenvalue weighted by Crippen LogP contribution is 1.90. The topological polar surface area (TPSA) is 79.7 Å². The number of rotatable bonds is 3. The predicted octanol–water partition coefficient (Wildman–Crippen LogP) is -1.26. The van der Waals surface area contributed by atoms with E-state index in [1.807, 2.05) is 0 Å². The maximum Gasteiger partial charge on any atom is 0.185 e. The van der Waals surface area contributed by atoms with Crippen molar-refractivity contribution in [2.45, 2.75) is 0 Å². The minimum absolute atomic E-state index is 0. The molecule has 1 aliphatic rings. The molecule has 5 N–H and O–H groups in total. The molecule has 0 aromatic rings. The van der Waals surface area contributed by atoms with Crippen molar-refractivity contribution < 1.29 is 0 Å². The van der Waals surface area contributed by atoms with Crippen LogP contribution < -0.4 is 16.8 Å². The first-order valence-corrected chi connectivity index (χ1v) is 4.27. The Morgan fingerprint density at radius 1 is 1.31 bits per heavy atom. The molecule has 5 nitrogen and oxygen atoms in total. The lowest BCUT2D eigenvalue weighted by Crippen LogP contribution is -2.44. The molecule has 78 valence electrons. The Hall–Kier alpha value is -0.330. The van der Waals surface area contributed by atoms with Crippen molar-refractivity contribution in [1.82, 2.24) is 10.2 Å². The van der Waals surface area contributed by atoms with Crippen LogP contribution in [0.4, 0.5) is 0 Å². The lowest BCUT2D eigenvalue weighted by atomic mass is 10.3. The van der Waals surface area contributed by atoms with Crippen molar-refractivity contribution in [3.05, 3.63) is 0 Å². The van der Waals surface area contributed by atoms with Crippen LogP contribution in [0.25, 0.3) is 0 Å².